The second kappa shape index (κ2) is 7.88. The molecule has 0 aromatic heterocycles. The maximum Gasteiger partial charge on any atom is 0.261 e. The fourth-order valence-electron chi connectivity index (χ4n) is 1.95. The third-order valence-electron chi connectivity index (χ3n) is 3.15. The van der Waals surface area contributed by atoms with Crippen molar-refractivity contribution in [3.05, 3.63) is 58.1 Å². The maximum absolute atomic E-state index is 12.5. The molecule has 0 radical (unpaired) electrons. The van der Waals surface area contributed by atoms with E-state index in [9.17, 15) is 13.2 Å². The molecule has 0 heterocycles. The van der Waals surface area contributed by atoms with E-state index in [0.717, 1.165) is 6.42 Å². The minimum Gasteiger partial charge on any atom is -0.352 e. The summed E-state index contributed by atoms with van der Waals surface area (Å²) in [5.74, 6) is -0.343. The lowest BCUT2D eigenvalue weighted by Crippen LogP contribution is -2.25. The first-order chi connectivity index (χ1) is 11.3. The van der Waals surface area contributed by atoms with Gasteiger partial charge in [-0.25, -0.2) is 8.42 Å². The van der Waals surface area contributed by atoms with Gasteiger partial charge in [0.05, 0.1) is 26.2 Å². The lowest BCUT2D eigenvalue weighted by Gasteiger charge is -2.13. The predicted molar refractivity (Wildman–Crippen MR) is 96.3 cm³/mol. The van der Waals surface area contributed by atoms with Crippen molar-refractivity contribution in [1.82, 2.24) is 5.32 Å². The number of amides is 1. The summed E-state index contributed by atoms with van der Waals surface area (Å²) >= 11 is 11.7. The lowest BCUT2D eigenvalue weighted by molar-refractivity contribution is 0.0954. The van der Waals surface area contributed by atoms with Crippen LogP contribution in [0.4, 0.5) is 5.69 Å². The van der Waals surface area contributed by atoms with E-state index in [1.165, 1.54) is 24.3 Å². The SMILES string of the molecule is CCCNC(=O)c1ccccc1NS(=O)(=O)c1ccc(Cl)c(Cl)c1. The molecule has 128 valence electrons. The number of carbonyl (C=O) groups is 1. The van der Waals surface area contributed by atoms with E-state index in [1.807, 2.05) is 6.92 Å². The molecule has 24 heavy (non-hydrogen) atoms. The van der Waals surface area contributed by atoms with Gasteiger partial charge in [0.2, 0.25) is 0 Å². The van der Waals surface area contributed by atoms with Gasteiger partial charge in [0, 0.05) is 6.54 Å². The topological polar surface area (TPSA) is 75.3 Å². The number of nitrogens with one attached hydrogen (secondary N) is 2. The molecule has 2 rings (SSSR count). The van der Waals surface area contributed by atoms with Gasteiger partial charge < -0.3 is 5.32 Å². The van der Waals surface area contributed by atoms with Crippen LogP contribution in [-0.2, 0) is 10.0 Å². The summed E-state index contributed by atoms with van der Waals surface area (Å²) in [4.78, 5) is 12.1. The van der Waals surface area contributed by atoms with Crippen LogP contribution in [0.2, 0.25) is 10.0 Å². The molecule has 0 spiro atoms. The summed E-state index contributed by atoms with van der Waals surface area (Å²) in [6.07, 6.45) is 0.781. The van der Waals surface area contributed by atoms with E-state index < -0.39 is 10.0 Å². The average molecular weight is 387 g/mol. The smallest absolute Gasteiger partial charge is 0.261 e. The van der Waals surface area contributed by atoms with Crippen molar-refractivity contribution in [2.45, 2.75) is 18.2 Å². The quantitative estimate of drug-likeness (QED) is 0.789. The number of benzene rings is 2. The Bertz CT molecular complexity index is 854. The van der Waals surface area contributed by atoms with Crippen LogP contribution < -0.4 is 10.0 Å². The Morgan fingerprint density at radius 2 is 1.79 bits per heavy atom. The molecule has 5 nitrogen and oxygen atoms in total. The van der Waals surface area contributed by atoms with Gasteiger partial charge in [0.25, 0.3) is 15.9 Å². The van der Waals surface area contributed by atoms with Crippen LogP contribution in [0.5, 0.6) is 0 Å². The van der Waals surface area contributed by atoms with Gasteiger partial charge in [-0.15, -0.1) is 0 Å². The molecular formula is C16H16Cl2N2O3S. The van der Waals surface area contributed by atoms with Gasteiger partial charge in [0.15, 0.2) is 0 Å². The summed E-state index contributed by atoms with van der Waals surface area (Å²) in [6.45, 7) is 2.44. The highest BCUT2D eigenvalue weighted by Gasteiger charge is 2.19. The van der Waals surface area contributed by atoms with Crippen LogP contribution >= 0.6 is 23.2 Å². The summed E-state index contributed by atoms with van der Waals surface area (Å²) in [5, 5.41) is 3.11. The Morgan fingerprint density at radius 3 is 2.46 bits per heavy atom. The minimum absolute atomic E-state index is 0.0410. The van der Waals surface area contributed by atoms with Gasteiger partial charge in [-0.3, -0.25) is 9.52 Å². The second-order valence-corrected chi connectivity index (χ2v) is 7.48. The fourth-order valence-corrected chi connectivity index (χ4v) is 3.42. The van der Waals surface area contributed by atoms with Crippen molar-refractivity contribution in [3.8, 4) is 0 Å². The van der Waals surface area contributed by atoms with E-state index in [-0.39, 0.29) is 32.1 Å². The van der Waals surface area contributed by atoms with E-state index in [0.29, 0.717) is 6.54 Å². The summed E-state index contributed by atoms with van der Waals surface area (Å²) in [5.41, 5.74) is 0.437. The Morgan fingerprint density at radius 1 is 1.08 bits per heavy atom. The van der Waals surface area contributed by atoms with Crippen molar-refractivity contribution < 1.29 is 13.2 Å². The van der Waals surface area contributed by atoms with Gasteiger partial charge in [0.1, 0.15) is 0 Å². The van der Waals surface area contributed by atoms with Gasteiger partial charge >= 0.3 is 0 Å². The Hall–Kier alpha value is -1.76. The Balaban J connectivity index is 2.33. The third-order valence-corrected chi connectivity index (χ3v) is 5.26. The van der Waals surface area contributed by atoms with Crippen molar-refractivity contribution in [2.24, 2.45) is 0 Å². The highest BCUT2D eigenvalue weighted by Crippen LogP contribution is 2.26. The largest absolute Gasteiger partial charge is 0.352 e. The summed E-state index contributed by atoms with van der Waals surface area (Å²) < 4.78 is 27.4. The fraction of sp³-hybridized carbons (Fsp3) is 0.188. The molecule has 0 saturated carbocycles. The monoisotopic (exact) mass is 386 g/mol. The third kappa shape index (κ3) is 4.41. The zero-order valence-electron chi connectivity index (χ0n) is 12.8. The number of hydrogen-bond acceptors (Lipinski definition) is 3. The number of rotatable bonds is 6. The number of sulfonamides is 1. The predicted octanol–water partition coefficient (Wildman–Crippen LogP) is 3.93. The Labute approximate surface area is 151 Å². The molecule has 1 amide bonds. The number of hydrogen-bond donors (Lipinski definition) is 2. The van der Waals surface area contributed by atoms with Crippen LogP contribution in [0.25, 0.3) is 0 Å². The van der Waals surface area contributed by atoms with E-state index in [1.54, 1.807) is 18.2 Å². The zero-order chi connectivity index (χ0) is 17.7. The molecule has 0 fully saturated rings. The van der Waals surface area contributed by atoms with Crippen LogP contribution in [0, 0.1) is 0 Å². The summed E-state index contributed by atoms with van der Waals surface area (Å²) in [7, 11) is -3.90. The molecule has 0 bridgehead atoms. The van der Waals surface area contributed by atoms with Crippen molar-refractivity contribution >= 4 is 44.8 Å². The zero-order valence-corrected chi connectivity index (χ0v) is 15.2. The standard InChI is InChI=1S/C16H16Cl2N2O3S/c1-2-9-19-16(21)12-5-3-4-6-15(12)20-24(22,23)11-7-8-13(17)14(18)10-11/h3-8,10,20H,2,9H2,1H3,(H,19,21). The van der Waals surface area contributed by atoms with Crippen molar-refractivity contribution in [1.29, 1.82) is 0 Å². The van der Waals surface area contributed by atoms with Crippen molar-refractivity contribution in [3.63, 3.8) is 0 Å². The van der Waals surface area contributed by atoms with Crippen LogP contribution in [-0.4, -0.2) is 20.9 Å². The number of anilines is 1. The van der Waals surface area contributed by atoms with Gasteiger partial charge in [-0.1, -0.05) is 42.3 Å². The average Bonchev–Trinajstić information content (AvgIpc) is 2.55. The highest BCUT2D eigenvalue weighted by molar-refractivity contribution is 7.92. The molecule has 8 heteroatoms. The molecule has 0 aliphatic carbocycles. The molecule has 2 N–H and O–H groups in total. The molecule has 2 aromatic rings. The minimum atomic E-state index is -3.90. The molecule has 2 aromatic carbocycles. The van der Waals surface area contributed by atoms with E-state index in [4.69, 9.17) is 23.2 Å². The highest BCUT2D eigenvalue weighted by atomic mass is 35.5. The molecule has 0 atom stereocenters. The number of halogens is 2. The number of para-hydroxylation sites is 1. The van der Waals surface area contributed by atoms with Crippen molar-refractivity contribution in [2.75, 3.05) is 11.3 Å². The van der Waals surface area contributed by atoms with Gasteiger partial charge in [-0.2, -0.15) is 0 Å². The Kier molecular flexibility index (Phi) is 6.10. The first-order valence-corrected chi connectivity index (χ1v) is 9.44. The number of carbonyl (C=O) groups excluding carboxylic acids is 1. The van der Waals surface area contributed by atoms with E-state index >= 15 is 0 Å². The summed E-state index contributed by atoms with van der Waals surface area (Å²) in [6, 6.07) is 10.4. The first-order valence-electron chi connectivity index (χ1n) is 7.20. The molecular weight excluding hydrogens is 371 g/mol. The normalized spacial score (nSPS) is 11.1. The first kappa shape index (κ1) is 18.6. The van der Waals surface area contributed by atoms with Crippen LogP contribution in [0.15, 0.2) is 47.4 Å². The van der Waals surface area contributed by atoms with Gasteiger partial charge in [-0.05, 0) is 36.8 Å². The van der Waals surface area contributed by atoms with Crippen LogP contribution in [0.3, 0.4) is 0 Å². The molecule has 0 aliphatic heterocycles. The molecule has 0 unspecified atom stereocenters. The maximum atomic E-state index is 12.5. The second-order valence-electron chi connectivity index (χ2n) is 4.98. The molecule has 0 aliphatic rings. The van der Waals surface area contributed by atoms with E-state index in [2.05, 4.69) is 10.0 Å². The lowest BCUT2D eigenvalue weighted by atomic mass is 10.1. The van der Waals surface area contributed by atoms with Crippen LogP contribution in [0.1, 0.15) is 23.7 Å². The molecule has 0 saturated heterocycles.